The van der Waals surface area contributed by atoms with E-state index in [9.17, 15) is 13.2 Å². The minimum atomic E-state index is -4.23. The van der Waals surface area contributed by atoms with Gasteiger partial charge in [0.1, 0.15) is 21.6 Å². The monoisotopic (exact) mass is 307 g/mol. The number of alkyl halides is 3. The number of nitrogen functional groups attached to an aromatic ring is 1. The van der Waals surface area contributed by atoms with E-state index >= 15 is 0 Å². The van der Waals surface area contributed by atoms with Crippen molar-refractivity contribution in [3.05, 3.63) is 4.88 Å². The first-order chi connectivity index (χ1) is 9.15. The van der Waals surface area contributed by atoms with Crippen LogP contribution in [0.5, 0.6) is 5.75 Å². The molecule has 2 N–H and O–H groups in total. The molecule has 0 aliphatic rings. The van der Waals surface area contributed by atoms with E-state index in [1.807, 2.05) is 6.07 Å². The van der Waals surface area contributed by atoms with Crippen molar-refractivity contribution in [1.82, 2.24) is 0 Å². The number of hydrogen-bond donors (Lipinski definition) is 1. The van der Waals surface area contributed by atoms with E-state index in [-0.39, 0.29) is 29.0 Å². The van der Waals surface area contributed by atoms with Crippen LogP contribution in [0.1, 0.15) is 25.1 Å². The summed E-state index contributed by atoms with van der Waals surface area (Å²) in [5, 5.41) is 9.40. The van der Waals surface area contributed by atoms with E-state index in [1.165, 1.54) is 11.9 Å². The number of nitrogens with zero attached hydrogens (tertiary/aromatic N) is 2. The van der Waals surface area contributed by atoms with E-state index < -0.39 is 12.6 Å². The molecule has 0 saturated carbocycles. The number of thiophene rings is 1. The van der Waals surface area contributed by atoms with Gasteiger partial charge in [-0.3, -0.25) is 0 Å². The molecule has 1 rings (SSSR count). The Hall–Kier alpha value is -1.62. The highest BCUT2D eigenvalue weighted by molar-refractivity contribution is 7.17. The molecule has 1 aromatic rings. The van der Waals surface area contributed by atoms with Gasteiger partial charge in [0.25, 0.3) is 0 Å². The van der Waals surface area contributed by atoms with E-state index in [1.54, 1.807) is 13.8 Å². The number of halogens is 3. The van der Waals surface area contributed by atoms with Crippen molar-refractivity contribution in [2.24, 2.45) is 0 Å². The summed E-state index contributed by atoms with van der Waals surface area (Å²) in [5.41, 5.74) is 5.98. The molecule has 112 valence electrons. The number of rotatable bonds is 5. The lowest BCUT2D eigenvalue weighted by Gasteiger charge is -2.21. The Morgan fingerprint density at radius 3 is 2.50 bits per heavy atom. The highest BCUT2D eigenvalue weighted by Crippen LogP contribution is 2.44. The predicted octanol–water partition coefficient (Wildman–Crippen LogP) is 3.38. The van der Waals surface area contributed by atoms with Crippen molar-refractivity contribution in [2.45, 2.75) is 32.5 Å². The molecule has 0 radical (unpaired) electrons. The Bertz CT molecular complexity index is 505. The van der Waals surface area contributed by atoms with E-state index in [4.69, 9.17) is 15.7 Å². The first-order valence-corrected chi connectivity index (χ1v) is 6.74. The third-order valence-electron chi connectivity index (χ3n) is 2.41. The van der Waals surface area contributed by atoms with E-state index in [2.05, 4.69) is 0 Å². The van der Waals surface area contributed by atoms with Crippen LogP contribution in [-0.2, 0) is 0 Å². The molecular formula is C12H16F3N3OS. The van der Waals surface area contributed by atoms with Crippen LogP contribution in [0.4, 0.5) is 23.9 Å². The molecule has 8 heteroatoms. The molecule has 0 atom stereocenters. The van der Waals surface area contributed by atoms with Gasteiger partial charge >= 0.3 is 6.18 Å². The van der Waals surface area contributed by atoms with Crippen LogP contribution in [0.15, 0.2) is 0 Å². The van der Waals surface area contributed by atoms with Gasteiger partial charge < -0.3 is 15.4 Å². The fraction of sp³-hybridized carbons (Fsp3) is 0.583. The topological polar surface area (TPSA) is 62.3 Å². The van der Waals surface area contributed by atoms with Gasteiger partial charge in [0.05, 0.1) is 12.5 Å². The molecule has 0 amide bonds. The summed E-state index contributed by atoms with van der Waals surface area (Å²) in [6, 6.07) is 1.92. The van der Waals surface area contributed by atoms with Crippen molar-refractivity contribution in [2.75, 3.05) is 24.2 Å². The van der Waals surface area contributed by atoms with E-state index in [0.717, 1.165) is 11.3 Å². The zero-order valence-electron chi connectivity index (χ0n) is 11.4. The summed E-state index contributed by atoms with van der Waals surface area (Å²) in [5.74, 6) is 0.284. The molecular weight excluding hydrogens is 291 g/mol. The third-order valence-corrected chi connectivity index (χ3v) is 3.62. The van der Waals surface area contributed by atoms with Crippen LogP contribution in [-0.4, -0.2) is 25.9 Å². The van der Waals surface area contributed by atoms with Gasteiger partial charge in [0.15, 0.2) is 5.75 Å². The fourth-order valence-corrected chi connectivity index (χ4v) is 2.44. The van der Waals surface area contributed by atoms with Gasteiger partial charge in [-0.2, -0.15) is 18.4 Å². The standard InChI is InChI=1S/C12H16F3N3OS/c1-7(2)19-10-9(17)8(6-16)20-11(10)18(3)5-4-12(13,14)15/h7H,4-5,17H2,1-3H3. The van der Waals surface area contributed by atoms with Gasteiger partial charge in [0, 0.05) is 13.6 Å². The highest BCUT2D eigenvalue weighted by atomic mass is 32.1. The molecule has 20 heavy (non-hydrogen) atoms. The molecule has 1 aromatic heterocycles. The zero-order chi connectivity index (χ0) is 15.5. The fourth-order valence-electron chi connectivity index (χ4n) is 1.50. The molecule has 1 heterocycles. The average molecular weight is 307 g/mol. The van der Waals surface area contributed by atoms with Crippen molar-refractivity contribution in [1.29, 1.82) is 5.26 Å². The molecule has 0 saturated heterocycles. The minimum absolute atomic E-state index is 0.181. The van der Waals surface area contributed by atoms with Gasteiger partial charge in [-0.25, -0.2) is 0 Å². The maximum absolute atomic E-state index is 12.3. The smallest absolute Gasteiger partial charge is 0.390 e. The third kappa shape index (κ3) is 4.20. The van der Waals surface area contributed by atoms with Crippen LogP contribution < -0.4 is 15.4 Å². The first-order valence-electron chi connectivity index (χ1n) is 5.92. The summed E-state index contributed by atoms with van der Waals surface area (Å²) < 4.78 is 42.3. The normalized spacial score (nSPS) is 11.5. The SMILES string of the molecule is CC(C)Oc1c(N(C)CCC(F)(F)F)sc(C#N)c1N. The number of ether oxygens (including phenoxy) is 1. The maximum Gasteiger partial charge on any atom is 0.390 e. The van der Waals surface area contributed by atoms with Crippen LogP contribution >= 0.6 is 11.3 Å². The van der Waals surface area contributed by atoms with Gasteiger partial charge in [-0.1, -0.05) is 0 Å². The van der Waals surface area contributed by atoms with Crippen molar-refractivity contribution in [3.63, 3.8) is 0 Å². The molecule has 0 aliphatic heterocycles. The Balaban J connectivity index is 3.01. The summed E-state index contributed by atoms with van der Waals surface area (Å²) in [4.78, 5) is 1.65. The second-order valence-electron chi connectivity index (χ2n) is 4.54. The number of hydrogen-bond acceptors (Lipinski definition) is 5. The lowest BCUT2D eigenvalue weighted by molar-refractivity contribution is -0.132. The van der Waals surface area contributed by atoms with Gasteiger partial charge in [0.2, 0.25) is 0 Å². The Kier molecular flexibility index (Phi) is 5.11. The summed E-state index contributed by atoms with van der Waals surface area (Å²) in [6.45, 7) is 3.34. The lowest BCUT2D eigenvalue weighted by atomic mass is 10.3. The zero-order valence-corrected chi connectivity index (χ0v) is 12.2. The Morgan fingerprint density at radius 1 is 1.45 bits per heavy atom. The van der Waals surface area contributed by atoms with Crippen molar-refractivity contribution < 1.29 is 17.9 Å². The predicted molar refractivity (Wildman–Crippen MR) is 73.2 cm³/mol. The minimum Gasteiger partial charge on any atom is -0.486 e. The lowest BCUT2D eigenvalue weighted by Crippen LogP contribution is -2.24. The highest BCUT2D eigenvalue weighted by Gasteiger charge is 2.29. The molecule has 0 spiro atoms. The van der Waals surface area contributed by atoms with Gasteiger partial charge in [-0.15, -0.1) is 11.3 Å². The van der Waals surface area contributed by atoms with Crippen LogP contribution in [0.3, 0.4) is 0 Å². The largest absolute Gasteiger partial charge is 0.486 e. The molecule has 0 aromatic carbocycles. The number of nitrogens with two attached hydrogens (primary N) is 1. The number of nitriles is 1. The van der Waals surface area contributed by atoms with E-state index in [0.29, 0.717) is 5.00 Å². The van der Waals surface area contributed by atoms with Crippen LogP contribution in [0, 0.1) is 11.3 Å². The maximum atomic E-state index is 12.3. The Labute approximate surface area is 119 Å². The van der Waals surface area contributed by atoms with Crippen LogP contribution in [0.2, 0.25) is 0 Å². The quantitative estimate of drug-likeness (QED) is 0.906. The Morgan fingerprint density at radius 2 is 2.05 bits per heavy atom. The van der Waals surface area contributed by atoms with Gasteiger partial charge in [-0.05, 0) is 13.8 Å². The summed E-state index contributed by atoms with van der Waals surface area (Å²) in [7, 11) is 1.52. The summed E-state index contributed by atoms with van der Waals surface area (Å²) >= 11 is 1.03. The molecule has 0 fully saturated rings. The van der Waals surface area contributed by atoms with Crippen LogP contribution in [0.25, 0.3) is 0 Å². The first kappa shape index (κ1) is 16.4. The molecule has 4 nitrogen and oxygen atoms in total. The van der Waals surface area contributed by atoms with Crippen molar-refractivity contribution in [3.8, 4) is 11.8 Å². The van der Waals surface area contributed by atoms with Crippen molar-refractivity contribution >= 4 is 22.0 Å². The molecule has 0 aliphatic carbocycles. The second kappa shape index (κ2) is 6.22. The summed E-state index contributed by atoms with van der Waals surface area (Å²) in [6.07, 6.45) is -5.35. The molecule has 0 unspecified atom stereocenters. The second-order valence-corrected chi connectivity index (χ2v) is 5.54. The average Bonchev–Trinajstić information content (AvgIpc) is 2.62. The molecule has 0 bridgehead atoms. The number of anilines is 2.